The molecule has 118 valence electrons. The monoisotopic (exact) mass is 311 g/mol. The third-order valence-electron chi connectivity index (χ3n) is 3.73. The van der Waals surface area contributed by atoms with E-state index in [2.05, 4.69) is 10.4 Å². The molecule has 1 heterocycles. The highest BCUT2D eigenvalue weighted by Gasteiger charge is 2.19. The molecule has 1 aliphatic rings. The lowest BCUT2D eigenvalue weighted by Crippen LogP contribution is -2.15. The first-order valence-corrected chi connectivity index (χ1v) is 7.47. The molecule has 0 unspecified atom stereocenters. The number of carboxylic acids is 1. The molecule has 6 heteroatoms. The van der Waals surface area contributed by atoms with Gasteiger partial charge in [-0.2, -0.15) is 5.10 Å². The van der Waals surface area contributed by atoms with Crippen molar-refractivity contribution in [1.29, 1.82) is 0 Å². The third kappa shape index (κ3) is 3.48. The fraction of sp³-hybridized carbons (Fsp3) is 0.235. The van der Waals surface area contributed by atoms with Crippen molar-refractivity contribution in [2.75, 3.05) is 5.32 Å². The Kier molecular flexibility index (Phi) is 4.23. The van der Waals surface area contributed by atoms with Gasteiger partial charge >= 0.3 is 5.97 Å². The molecule has 0 bridgehead atoms. The highest BCUT2D eigenvalue weighted by Crippen LogP contribution is 2.23. The van der Waals surface area contributed by atoms with Gasteiger partial charge < -0.3 is 10.4 Å². The zero-order valence-electron chi connectivity index (χ0n) is 12.5. The lowest BCUT2D eigenvalue weighted by atomic mass is 10.0. The molecule has 1 aromatic heterocycles. The van der Waals surface area contributed by atoms with Crippen LogP contribution in [0, 0.1) is 0 Å². The van der Waals surface area contributed by atoms with Gasteiger partial charge in [0.2, 0.25) is 0 Å². The summed E-state index contributed by atoms with van der Waals surface area (Å²) >= 11 is 0. The zero-order chi connectivity index (χ0) is 16.2. The molecule has 3 rings (SSSR count). The number of hydrogen-bond donors (Lipinski definition) is 2. The number of nitrogens with zero attached hydrogens (tertiary/aromatic N) is 2. The van der Waals surface area contributed by atoms with Crippen molar-refractivity contribution < 1.29 is 14.7 Å². The summed E-state index contributed by atoms with van der Waals surface area (Å²) in [4.78, 5) is 23.0. The van der Waals surface area contributed by atoms with Gasteiger partial charge in [-0.05, 0) is 18.4 Å². The van der Waals surface area contributed by atoms with E-state index in [4.69, 9.17) is 0 Å². The fourth-order valence-electron chi connectivity index (χ4n) is 2.59. The smallest absolute Gasteiger partial charge is 0.341 e. The Labute approximate surface area is 133 Å². The molecule has 0 atom stereocenters. The largest absolute Gasteiger partial charge is 0.477 e. The number of hydrogen-bond acceptors (Lipinski definition) is 4. The highest BCUT2D eigenvalue weighted by molar-refractivity contribution is 5.94. The number of anilines is 1. The van der Waals surface area contributed by atoms with Crippen LogP contribution in [0.15, 0.2) is 48.3 Å². The van der Waals surface area contributed by atoms with Gasteiger partial charge in [-0.1, -0.05) is 30.3 Å². The van der Waals surface area contributed by atoms with Crippen molar-refractivity contribution >= 4 is 17.6 Å². The van der Waals surface area contributed by atoms with E-state index in [1.807, 2.05) is 30.3 Å². The van der Waals surface area contributed by atoms with Crippen molar-refractivity contribution in [2.24, 2.45) is 0 Å². The Hall–Kier alpha value is -2.89. The summed E-state index contributed by atoms with van der Waals surface area (Å²) in [6, 6.07) is 9.68. The minimum absolute atomic E-state index is 0.0600. The van der Waals surface area contributed by atoms with Gasteiger partial charge in [0.05, 0.1) is 12.7 Å². The third-order valence-corrected chi connectivity index (χ3v) is 3.73. The van der Waals surface area contributed by atoms with Crippen molar-refractivity contribution in [3.8, 4) is 0 Å². The van der Waals surface area contributed by atoms with Crippen LogP contribution in [-0.2, 0) is 11.3 Å². The van der Waals surface area contributed by atoms with Gasteiger partial charge in [-0.15, -0.1) is 0 Å². The molecule has 23 heavy (non-hydrogen) atoms. The molecule has 1 aliphatic carbocycles. The van der Waals surface area contributed by atoms with E-state index in [0.717, 1.165) is 24.1 Å². The van der Waals surface area contributed by atoms with Crippen molar-refractivity contribution in [3.63, 3.8) is 0 Å². The van der Waals surface area contributed by atoms with E-state index in [1.54, 1.807) is 10.8 Å². The van der Waals surface area contributed by atoms with Crippen LogP contribution in [0.25, 0.3) is 0 Å². The van der Waals surface area contributed by atoms with Crippen LogP contribution in [0.2, 0.25) is 0 Å². The van der Waals surface area contributed by atoms with E-state index in [9.17, 15) is 14.7 Å². The summed E-state index contributed by atoms with van der Waals surface area (Å²) < 4.78 is 1.61. The van der Waals surface area contributed by atoms with E-state index in [0.29, 0.717) is 18.8 Å². The number of aromatic nitrogens is 2. The predicted octanol–water partition coefficient (Wildman–Crippen LogP) is 2.68. The van der Waals surface area contributed by atoms with Gasteiger partial charge in [0.25, 0.3) is 0 Å². The highest BCUT2D eigenvalue weighted by atomic mass is 16.4. The van der Waals surface area contributed by atoms with E-state index >= 15 is 0 Å². The molecule has 0 fully saturated rings. The van der Waals surface area contributed by atoms with Gasteiger partial charge in [0.15, 0.2) is 5.78 Å². The molecule has 6 nitrogen and oxygen atoms in total. The fourth-order valence-corrected chi connectivity index (χ4v) is 2.59. The van der Waals surface area contributed by atoms with Crippen molar-refractivity contribution in [1.82, 2.24) is 9.78 Å². The molecular formula is C17H17N3O3. The maximum atomic E-state index is 11.5. The second kappa shape index (κ2) is 6.48. The van der Waals surface area contributed by atoms with Crippen LogP contribution in [0.5, 0.6) is 0 Å². The number of allylic oxidation sites excluding steroid dienone is 2. The summed E-state index contributed by atoms with van der Waals surface area (Å²) in [5.74, 6) is -0.582. The Morgan fingerprint density at radius 1 is 1.26 bits per heavy atom. The number of aromatic carboxylic acids is 1. The number of carbonyl (C=O) groups is 2. The minimum atomic E-state index is -1.05. The van der Waals surface area contributed by atoms with Crippen LogP contribution in [0.3, 0.4) is 0 Å². The minimum Gasteiger partial charge on any atom is -0.477 e. The number of ketones is 1. The molecule has 0 amide bonds. The normalized spacial score (nSPS) is 14.4. The van der Waals surface area contributed by atoms with Crippen LogP contribution in [0.4, 0.5) is 5.82 Å². The van der Waals surface area contributed by atoms with Crippen molar-refractivity contribution in [3.05, 3.63) is 59.4 Å². The first-order chi connectivity index (χ1) is 11.1. The lowest BCUT2D eigenvalue weighted by Gasteiger charge is -2.16. The molecule has 0 saturated heterocycles. The molecule has 0 radical (unpaired) electrons. The van der Waals surface area contributed by atoms with Crippen molar-refractivity contribution in [2.45, 2.75) is 25.8 Å². The van der Waals surface area contributed by atoms with Gasteiger partial charge in [-0.3, -0.25) is 4.79 Å². The van der Waals surface area contributed by atoms with Gasteiger partial charge in [0, 0.05) is 18.2 Å². The molecular weight excluding hydrogens is 294 g/mol. The SMILES string of the molecule is O=C1C=C(Nc2c(C(=O)O)cnn2Cc2ccccc2)CCC1. The van der Waals surface area contributed by atoms with Gasteiger partial charge in [-0.25, -0.2) is 9.48 Å². The summed E-state index contributed by atoms with van der Waals surface area (Å²) in [5.41, 5.74) is 1.85. The van der Waals surface area contributed by atoms with Crippen LogP contribution in [0.1, 0.15) is 35.2 Å². The Morgan fingerprint density at radius 2 is 2.04 bits per heavy atom. The Bertz CT molecular complexity index is 763. The van der Waals surface area contributed by atoms with E-state index in [1.165, 1.54) is 6.20 Å². The molecule has 0 saturated carbocycles. The predicted molar refractivity (Wildman–Crippen MR) is 85.3 cm³/mol. The van der Waals surface area contributed by atoms with E-state index in [-0.39, 0.29) is 11.3 Å². The standard InChI is InChI=1S/C17H17N3O3/c21-14-8-4-7-13(9-14)19-16-15(17(22)23)10-18-20(16)11-12-5-2-1-3-6-12/h1-3,5-6,9-10,19H,4,7-8,11H2,(H,22,23). The maximum Gasteiger partial charge on any atom is 0.341 e. The number of benzene rings is 1. The molecule has 1 aromatic carbocycles. The van der Waals surface area contributed by atoms with E-state index < -0.39 is 5.97 Å². The number of carboxylic acid groups (broad SMARTS) is 1. The second-order valence-electron chi connectivity index (χ2n) is 5.47. The average Bonchev–Trinajstić information content (AvgIpc) is 2.91. The van der Waals surface area contributed by atoms with Crippen LogP contribution in [-0.4, -0.2) is 26.6 Å². The Morgan fingerprint density at radius 3 is 2.74 bits per heavy atom. The summed E-state index contributed by atoms with van der Waals surface area (Å²) in [7, 11) is 0. The van der Waals surface area contributed by atoms with Crippen LogP contribution >= 0.6 is 0 Å². The summed E-state index contributed by atoms with van der Waals surface area (Å²) in [6.45, 7) is 0.456. The molecule has 2 aromatic rings. The first kappa shape index (κ1) is 15.0. The topological polar surface area (TPSA) is 84.2 Å². The molecule has 2 N–H and O–H groups in total. The maximum absolute atomic E-state index is 11.5. The number of carbonyl (C=O) groups excluding carboxylic acids is 1. The van der Waals surface area contributed by atoms with Gasteiger partial charge in [0.1, 0.15) is 11.4 Å². The van der Waals surface area contributed by atoms with Crippen LogP contribution < -0.4 is 5.32 Å². The second-order valence-corrected chi connectivity index (χ2v) is 5.47. The Balaban J connectivity index is 1.91. The zero-order valence-corrected chi connectivity index (χ0v) is 12.5. The summed E-state index contributed by atoms with van der Waals surface area (Å²) in [5, 5.41) is 16.6. The number of nitrogens with one attached hydrogen (secondary N) is 1. The first-order valence-electron chi connectivity index (χ1n) is 7.47. The summed E-state index contributed by atoms with van der Waals surface area (Å²) in [6.07, 6.45) is 4.92. The molecule has 0 aliphatic heterocycles. The average molecular weight is 311 g/mol. The number of rotatable bonds is 5. The lowest BCUT2D eigenvalue weighted by molar-refractivity contribution is -0.115. The molecule has 0 spiro atoms. The quantitative estimate of drug-likeness (QED) is 0.887.